The zero-order valence-electron chi connectivity index (χ0n) is 12.0. The number of benzene rings is 1. The lowest BCUT2D eigenvalue weighted by Gasteiger charge is -2.27. The molecule has 0 heterocycles. The number of phenols is 1. The number of phenolic OH excluding ortho intramolecular Hbond substituents is 1. The maximum absolute atomic E-state index is 12.1. The number of aromatic hydroxyl groups is 1. The van der Waals surface area contributed by atoms with E-state index in [4.69, 9.17) is 0 Å². The van der Waals surface area contributed by atoms with Gasteiger partial charge < -0.3 is 15.1 Å². The number of carbonyl (C=O) groups excluding carboxylic acids is 1. The van der Waals surface area contributed by atoms with Gasteiger partial charge in [-0.3, -0.25) is 4.79 Å². The molecule has 1 amide bonds. The average Bonchev–Trinajstić information content (AvgIpc) is 2.36. The molecule has 0 aliphatic carbocycles. The van der Waals surface area contributed by atoms with Crippen LogP contribution >= 0.6 is 0 Å². The zero-order chi connectivity index (χ0) is 14.6. The Morgan fingerprint density at radius 3 is 2.47 bits per heavy atom. The summed E-state index contributed by atoms with van der Waals surface area (Å²) >= 11 is 0. The molecule has 0 aliphatic rings. The van der Waals surface area contributed by atoms with E-state index in [2.05, 4.69) is 0 Å². The third-order valence-corrected chi connectivity index (χ3v) is 3.48. The first-order valence-corrected chi connectivity index (χ1v) is 6.55. The quantitative estimate of drug-likeness (QED) is 0.859. The Morgan fingerprint density at radius 1 is 1.32 bits per heavy atom. The van der Waals surface area contributed by atoms with Crippen LogP contribution in [-0.4, -0.2) is 34.2 Å². The highest BCUT2D eigenvalue weighted by Crippen LogP contribution is 2.23. The third-order valence-electron chi connectivity index (χ3n) is 3.48. The molecule has 0 bridgehead atoms. The van der Waals surface area contributed by atoms with E-state index in [0.717, 1.165) is 5.56 Å². The normalized spacial score (nSPS) is 14.2. The second-order valence-electron chi connectivity index (χ2n) is 5.29. The van der Waals surface area contributed by atoms with Crippen molar-refractivity contribution in [2.75, 3.05) is 7.05 Å². The van der Waals surface area contributed by atoms with Gasteiger partial charge in [-0.15, -0.1) is 0 Å². The maximum atomic E-state index is 12.1. The minimum absolute atomic E-state index is 0.0634. The van der Waals surface area contributed by atoms with Crippen LogP contribution in [0.4, 0.5) is 0 Å². The minimum Gasteiger partial charge on any atom is -0.508 e. The molecule has 0 aromatic heterocycles. The van der Waals surface area contributed by atoms with Gasteiger partial charge in [-0.1, -0.05) is 26.0 Å². The lowest BCUT2D eigenvalue weighted by molar-refractivity contribution is -0.134. The van der Waals surface area contributed by atoms with Crippen molar-refractivity contribution >= 4 is 5.91 Å². The van der Waals surface area contributed by atoms with Crippen LogP contribution in [0.5, 0.6) is 5.75 Å². The van der Waals surface area contributed by atoms with Gasteiger partial charge in [0.15, 0.2) is 0 Å². The summed E-state index contributed by atoms with van der Waals surface area (Å²) in [6, 6.07) is 6.72. The topological polar surface area (TPSA) is 60.8 Å². The first-order chi connectivity index (χ1) is 8.82. The summed E-state index contributed by atoms with van der Waals surface area (Å²) in [5.41, 5.74) is 0.870. The molecule has 0 saturated heterocycles. The van der Waals surface area contributed by atoms with Crippen molar-refractivity contribution in [3.8, 4) is 5.75 Å². The lowest BCUT2D eigenvalue weighted by atomic mass is 10.0. The molecule has 1 aromatic rings. The molecule has 1 rings (SSSR count). The first kappa shape index (κ1) is 15.5. The fourth-order valence-corrected chi connectivity index (χ4v) is 1.78. The molecule has 1 aromatic carbocycles. The summed E-state index contributed by atoms with van der Waals surface area (Å²) in [5, 5.41) is 19.2. The van der Waals surface area contributed by atoms with Gasteiger partial charge in [0.25, 0.3) is 0 Å². The van der Waals surface area contributed by atoms with Crippen LogP contribution in [0.15, 0.2) is 24.3 Å². The molecule has 19 heavy (non-hydrogen) atoms. The van der Waals surface area contributed by atoms with E-state index in [9.17, 15) is 15.0 Å². The van der Waals surface area contributed by atoms with Crippen LogP contribution in [0, 0.1) is 5.92 Å². The zero-order valence-corrected chi connectivity index (χ0v) is 12.0. The standard InChI is InChI=1S/C15H23NO3/c1-10(2)14(18)9-15(19)16(4)11(3)12-6-5-7-13(17)8-12/h5-8,10-11,14,17-18H,9H2,1-4H3. The van der Waals surface area contributed by atoms with Gasteiger partial charge >= 0.3 is 0 Å². The van der Waals surface area contributed by atoms with Crippen LogP contribution in [0.3, 0.4) is 0 Å². The molecular formula is C15H23NO3. The van der Waals surface area contributed by atoms with Crippen molar-refractivity contribution in [2.45, 2.75) is 39.3 Å². The van der Waals surface area contributed by atoms with E-state index >= 15 is 0 Å². The number of aliphatic hydroxyl groups is 1. The van der Waals surface area contributed by atoms with E-state index in [1.165, 1.54) is 0 Å². The van der Waals surface area contributed by atoms with Gasteiger partial charge in [-0.05, 0) is 30.5 Å². The Bertz CT molecular complexity index is 431. The molecule has 0 fully saturated rings. The number of nitrogens with zero attached hydrogens (tertiary/aromatic N) is 1. The van der Waals surface area contributed by atoms with Crippen molar-refractivity contribution in [1.82, 2.24) is 4.90 Å². The summed E-state index contributed by atoms with van der Waals surface area (Å²) in [4.78, 5) is 13.7. The fourth-order valence-electron chi connectivity index (χ4n) is 1.78. The Hall–Kier alpha value is -1.55. The Kier molecular flexibility index (Phi) is 5.36. The predicted molar refractivity (Wildman–Crippen MR) is 74.8 cm³/mol. The number of aliphatic hydroxyl groups excluding tert-OH is 1. The van der Waals surface area contributed by atoms with Crippen LogP contribution in [0.2, 0.25) is 0 Å². The van der Waals surface area contributed by atoms with Crippen LogP contribution < -0.4 is 0 Å². The smallest absolute Gasteiger partial charge is 0.225 e. The van der Waals surface area contributed by atoms with Gasteiger partial charge in [0.2, 0.25) is 5.91 Å². The number of hydrogen-bond donors (Lipinski definition) is 2. The van der Waals surface area contributed by atoms with E-state index in [-0.39, 0.29) is 30.0 Å². The molecule has 0 radical (unpaired) electrons. The van der Waals surface area contributed by atoms with Crippen molar-refractivity contribution < 1.29 is 15.0 Å². The van der Waals surface area contributed by atoms with Gasteiger partial charge in [-0.2, -0.15) is 0 Å². The van der Waals surface area contributed by atoms with Gasteiger partial charge in [0, 0.05) is 7.05 Å². The van der Waals surface area contributed by atoms with Gasteiger partial charge in [0.05, 0.1) is 18.6 Å². The molecule has 0 aliphatic heterocycles. The summed E-state index contributed by atoms with van der Waals surface area (Å²) in [5.74, 6) is 0.151. The Balaban J connectivity index is 2.71. The van der Waals surface area contributed by atoms with Crippen LogP contribution in [0.25, 0.3) is 0 Å². The summed E-state index contributed by atoms with van der Waals surface area (Å²) in [6.07, 6.45) is -0.497. The SMILES string of the molecule is CC(C)C(O)CC(=O)N(C)C(C)c1cccc(O)c1. The Morgan fingerprint density at radius 2 is 1.95 bits per heavy atom. The Labute approximate surface area is 114 Å². The minimum atomic E-state index is -0.619. The molecule has 4 heteroatoms. The highest BCUT2D eigenvalue weighted by molar-refractivity contribution is 5.77. The highest BCUT2D eigenvalue weighted by Gasteiger charge is 2.21. The largest absolute Gasteiger partial charge is 0.508 e. The summed E-state index contributed by atoms with van der Waals surface area (Å²) in [6.45, 7) is 5.67. The number of rotatable bonds is 5. The molecule has 2 unspecified atom stereocenters. The van der Waals surface area contributed by atoms with Crippen molar-refractivity contribution in [2.24, 2.45) is 5.92 Å². The van der Waals surface area contributed by atoms with E-state index < -0.39 is 6.10 Å². The lowest BCUT2D eigenvalue weighted by Crippen LogP contribution is -2.33. The molecule has 4 nitrogen and oxygen atoms in total. The van der Waals surface area contributed by atoms with Gasteiger partial charge in [0.1, 0.15) is 5.75 Å². The highest BCUT2D eigenvalue weighted by atomic mass is 16.3. The van der Waals surface area contributed by atoms with E-state index in [1.807, 2.05) is 26.8 Å². The fraction of sp³-hybridized carbons (Fsp3) is 0.533. The molecular weight excluding hydrogens is 242 g/mol. The van der Waals surface area contributed by atoms with Gasteiger partial charge in [-0.25, -0.2) is 0 Å². The average molecular weight is 265 g/mol. The number of hydrogen-bond acceptors (Lipinski definition) is 3. The van der Waals surface area contributed by atoms with Crippen molar-refractivity contribution in [1.29, 1.82) is 0 Å². The molecule has 2 N–H and O–H groups in total. The summed E-state index contributed by atoms with van der Waals surface area (Å²) < 4.78 is 0. The summed E-state index contributed by atoms with van der Waals surface area (Å²) in [7, 11) is 1.71. The van der Waals surface area contributed by atoms with Crippen LogP contribution in [-0.2, 0) is 4.79 Å². The van der Waals surface area contributed by atoms with Crippen LogP contribution in [0.1, 0.15) is 38.8 Å². The van der Waals surface area contributed by atoms with Crippen molar-refractivity contribution in [3.05, 3.63) is 29.8 Å². The first-order valence-electron chi connectivity index (χ1n) is 6.55. The van der Waals surface area contributed by atoms with E-state index in [0.29, 0.717) is 0 Å². The molecule has 0 saturated carbocycles. The monoisotopic (exact) mass is 265 g/mol. The second kappa shape index (κ2) is 6.57. The van der Waals surface area contributed by atoms with E-state index in [1.54, 1.807) is 30.1 Å². The molecule has 2 atom stereocenters. The number of amides is 1. The predicted octanol–water partition coefficient (Wildman–Crippen LogP) is 2.32. The molecule has 0 spiro atoms. The maximum Gasteiger partial charge on any atom is 0.225 e. The molecule has 106 valence electrons. The second-order valence-corrected chi connectivity index (χ2v) is 5.29. The number of carbonyl (C=O) groups is 1. The van der Waals surface area contributed by atoms with Crippen molar-refractivity contribution in [3.63, 3.8) is 0 Å². The third kappa shape index (κ3) is 4.24.